The Kier molecular flexibility index (Phi) is 8.85. The van der Waals surface area contributed by atoms with Gasteiger partial charge in [0.15, 0.2) is 12.3 Å². The minimum Gasteiger partial charge on any atom is -0.480 e. The van der Waals surface area contributed by atoms with Crippen LogP contribution in [0, 0.1) is 0 Å². The van der Waals surface area contributed by atoms with E-state index < -0.39 is 96.2 Å². The summed E-state index contributed by atoms with van der Waals surface area (Å²) in [6.45, 7) is -0.857. The monoisotopic (exact) mass is 521 g/mol. The number of aliphatic hydroxyl groups excluding tert-OH is 4. The van der Waals surface area contributed by atoms with Gasteiger partial charge in [0.05, 0.1) is 0 Å². The van der Waals surface area contributed by atoms with E-state index in [1.807, 2.05) is 5.32 Å². The lowest BCUT2D eigenvalue weighted by Crippen LogP contribution is -2.60. The smallest absolute Gasteiger partial charge is 0.404 e. The number of nitrogens with one attached hydrogen (secondary N) is 2. The number of hydrogen-bond donors (Lipinski definition) is 10. The van der Waals surface area contributed by atoms with Gasteiger partial charge in [0.2, 0.25) is 5.91 Å². The highest BCUT2D eigenvalue weighted by Crippen LogP contribution is 2.30. The summed E-state index contributed by atoms with van der Waals surface area (Å²) in [5.41, 5.74) is 6.72. The third kappa shape index (κ3) is 6.02. The van der Waals surface area contributed by atoms with Crippen molar-refractivity contribution in [2.75, 3.05) is 6.61 Å². The molecule has 19 heteroatoms. The second-order valence-corrected chi connectivity index (χ2v) is 7.53. The van der Waals surface area contributed by atoms with Crippen LogP contribution in [0.25, 0.3) is 0 Å². The van der Waals surface area contributed by atoms with Crippen LogP contribution in [0.3, 0.4) is 0 Å². The molecule has 1 fully saturated rings. The largest absolute Gasteiger partial charge is 0.480 e. The Balaban J connectivity index is 2.25. The number of aromatic amines is 1. The number of aromatic nitrogens is 2. The molecule has 0 saturated carbocycles. The molecule has 1 unspecified atom stereocenters. The Bertz CT molecular complexity index is 1130. The van der Waals surface area contributed by atoms with Gasteiger partial charge in [-0.3, -0.25) is 19.1 Å². The number of rotatable bonds is 10. The molecule has 0 spiro atoms. The molecule has 12 N–H and O–H groups in total. The van der Waals surface area contributed by atoms with Gasteiger partial charge in [0.25, 0.3) is 5.56 Å². The van der Waals surface area contributed by atoms with Crippen LogP contribution in [0.5, 0.6) is 0 Å². The molecule has 36 heavy (non-hydrogen) atoms. The molecule has 1 aromatic rings. The van der Waals surface area contributed by atoms with E-state index in [0.717, 1.165) is 0 Å². The van der Waals surface area contributed by atoms with E-state index >= 15 is 0 Å². The van der Waals surface area contributed by atoms with E-state index in [1.165, 1.54) is 0 Å². The Hall–Kier alpha value is -3.88. The molecule has 2 heterocycles. The van der Waals surface area contributed by atoms with Crippen LogP contribution in [-0.2, 0) is 19.1 Å². The summed E-state index contributed by atoms with van der Waals surface area (Å²) in [6.07, 6.45) is -12.8. The fourth-order valence-electron chi connectivity index (χ4n) is 3.21. The van der Waals surface area contributed by atoms with Crippen LogP contribution in [0.2, 0.25) is 0 Å². The average Bonchev–Trinajstić information content (AvgIpc) is 3.08. The van der Waals surface area contributed by atoms with Gasteiger partial charge in [-0.05, 0) is 0 Å². The third-order valence-electron chi connectivity index (χ3n) is 5.10. The number of ether oxygens (including phenoxy) is 2. The zero-order chi connectivity index (χ0) is 27.5. The molecule has 19 nitrogen and oxygen atoms in total. The maximum absolute atomic E-state index is 12.4. The number of nitrogens with two attached hydrogens (primary N) is 2. The number of aliphatic carboxylic acids is 1. The number of aromatic carboxylic acids is 1. The van der Waals surface area contributed by atoms with Crippen LogP contribution < -0.4 is 28.0 Å². The van der Waals surface area contributed by atoms with E-state index in [1.54, 1.807) is 4.98 Å². The first-order chi connectivity index (χ1) is 16.7. The first kappa shape index (κ1) is 28.4. The first-order valence-electron chi connectivity index (χ1n) is 9.84. The fraction of sp³-hybridized carbons (Fsp3) is 0.529. The van der Waals surface area contributed by atoms with Gasteiger partial charge >= 0.3 is 23.7 Å². The molecule has 0 bridgehead atoms. The summed E-state index contributed by atoms with van der Waals surface area (Å²) >= 11 is 0. The Morgan fingerprint density at radius 3 is 2.31 bits per heavy atom. The number of primary amides is 1. The molecular formula is C17H23N5O14. The van der Waals surface area contributed by atoms with Gasteiger partial charge in [0.1, 0.15) is 48.7 Å². The molecule has 0 aromatic carbocycles. The molecule has 0 aliphatic carbocycles. The highest BCUT2D eigenvalue weighted by molar-refractivity contribution is 5.88. The van der Waals surface area contributed by atoms with Crippen molar-refractivity contribution >= 4 is 23.9 Å². The molecule has 2 rings (SSSR count). The van der Waals surface area contributed by atoms with E-state index in [0.29, 0.717) is 10.8 Å². The molecule has 1 aliphatic heterocycles. The lowest BCUT2D eigenvalue weighted by Gasteiger charge is -2.27. The Morgan fingerprint density at radius 2 is 1.78 bits per heavy atom. The van der Waals surface area contributed by atoms with Crippen molar-refractivity contribution in [2.45, 2.75) is 48.8 Å². The van der Waals surface area contributed by atoms with Gasteiger partial charge < -0.3 is 56.9 Å². The van der Waals surface area contributed by atoms with Crippen molar-refractivity contribution in [3.05, 3.63) is 32.6 Å². The van der Waals surface area contributed by atoms with Crippen molar-refractivity contribution in [1.29, 1.82) is 0 Å². The van der Waals surface area contributed by atoms with Crippen molar-refractivity contribution < 1.29 is 59.3 Å². The van der Waals surface area contributed by atoms with Crippen LogP contribution in [0.15, 0.2) is 15.8 Å². The number of carboxylic acid groups (broad SMARTS) is 2. The summed E-state index contributed by atoms with van der Waals surface area (Å²) in [5, 5.41) is 60.7. The summed E-state index contributed by atoms with van der Waals surface area (Å²) in [4.78, 5) is 71.3. The molecule has 8 atom stereocenters. The van der Waals surface area contributed by atoms with Crippen molar-refractivity contribution in [3.63, 3.8) is 0 Å². The number of nitrogens with zero attached hydrogens (tertiary/aromatic N) is 1. The minimum absolute atomic E-state index is 0.393. The molecule has 1 aliphatic rings. The predicted molar refractivity (Wildman–Crippen MR) is 109 cm³/mol. The zero-order valence-electron chi connectivity index (χ0n) is 18.0. The molecule has 200 valence electrons. The number of hydrogen-bond acceptors (Lipinski definition) is 13. The van der Waals surface area contributed by atoms with Crippen LogP contribution >= 0.6 is 0 Å². The minimum atomic E-state index is -2.16. The maximum Gasteiger partial charge on any atom is 0.404 e. The van der Waals surface area contributed by atoms with Gasteiger partial charge in [-0.1, -0.05) is 0 Å². The quantitative estimate of drug-likeness (QED) is 0.137. The second kappa shape index (κ2) is 11.2. The second-order valence-electron chi connectivity index (χ2n) is 7.53. The summed E-state index contributed by atoms with van der Waals surface area (Å²) in [5.74, 6) is -4.98. The SMILES string of the molecule is NC(=O)OC[C@H](O)[C@@H](O)[C@H](N)C(=O)NC(C(=O)O)[C@H]1O[C@@H](n2cc(C(=O)O)c(=O)[nH]c2=O)[C@H](O)[C@@H]1O. The zero-order valence-corrected chi connectivity index (χ0v) is 18.0. The maximum atomic E-state index is 12.4. The average molecular weight is 521 g/mol. The van der Waals surface area contributed by atoms with Gasteiger partial charge in [-0.25, -0.2) is 19.2 Å². The molecule has 2 amide bonds. The van der Waals surface area contributed by atoms with E-state index in [2.05, 4.69) is 4.74 Å². The summed E-state index contributed by atoms with van der Waals surface area (Å²) in [7, 11) is 0. The highest BCUT2D eigenvalue weighted by Gasteiger charge is 2.50. The lowest BCUT2D eigenvalue weighted by atomic mass is 10.0. The van der Waals surface area contributed by atoms with Crippen LogP contribution in [0.4, 0.5) is 4.79 Å². The van der Waals surface area contributed by atoms with E-state index in [9.17, 15) is 54.3 Å². The van der Waals surface area contributed by atoms with Crippen LogP contribution in [0.1, 0.15) is 16.6 Å². The topological polar surface area (TPSA) is 327 Å². The van der Waals surface area contributed by atoms with E-state index in [4.69, 9.17) is 21.3 Å². The lowest BCUT2D eigenvalue weighted by molar-refractivity contribution is -0.150. The highest BCUT2D eigenvalue weighted by atomic mass is 16.6. The van der Waals surface area contributed by atoms with Gasteiger partial charge in [-0.15, -0.1) is 0 Å². The van der Waals surface area contributed by atoms with Crippen molar-refractivity contribution in [2.24, 2.45) is 11.5 Å². The molecular weight excluding hydrogens is 498 g/mol. The van der Waals surface area contributed by atoms with Gasteiger partial charge in [0, 0.05) is 6.20 Å². The standard InChI is InChI=1S/C17H23N5O14/c18-5(7(24)4(23)2-35-16(19)33)12(28)20-6(15(31)32)10-8(25)9(26)13(36-10)22-1-3(14(29)30)11(27)21-17(22)34/h1,4-10,13,23-26H,2,18H2,(H2,19,33)(H,20,28)(H,29,30)(H,31,32)(H,21,27,34)/t4-,5-,6?,7+,8-,9+,10+,13+/m0/s1. The Labute approximate surface area is 198 Å². The van der Waals surface area contributed by atoms with Crippen LogP contribution in [-0.4, -0.2) is 113 Å². The number of carboxylic acids is 2. The normalized spacial score (nSPS) is 24.8. The number of H-pyrrole nitrogens is 1. The fourth-order valence-corrected chi connectivity index (χ4v) is 3.21. The number of carbonyl (C=O) groups excluding carboxylic acids is 2. The summed E-state index contributed by atoms with van der Waals surface area (Å²) < 4.78 is 9.88. The Morgan fingerprint density at radius 1 is 1.17 bits per heavy atom. The predicted octanol–water partition coefficient (Wildman–Crippen LogP) is -6.43. The summed E-state index contributed by atoms with van der Waals surface area (Å²) in [6, 6.07) is -4.17. The van der Waals surface area contributed by atoms with E-state index in [-0.39, 0.29) is 0 Å². The number of amides is 2. The third-order valence-corrected chi connectivity index (χ3v) is 5.10. The molecule has 0 radical (unpaired) electrons. The van der Waals surface area contributed by atoms with Gasteiger partial charge in [-0.2, -0.15) is 0 Å². The number of carbonyl (C=O) groups is 4. The number of aliphatic hydroxyl groups is 4. The van der Waals surface area contributed by atoms with Crippen molar-refractivity contribution in [1.82, 2.24) is 14.9 Å². The molecule has 1 saturated heterocycles. The molecule has 1 aromatic heterocycles. The first-order valence-corrected chi connectivity index (χ1v) is 9.84. The van der Waals surface area contributed by atoms with Crippen molar-refractivity contribution in [3.8, 4) is 0 Å².